The Morgan fingerprint density at radius 1 is 1.20 bits per heavy atom. The molecule has 2 unspecified atom stereocenters. The number of hydrogen-bond acceptors (Lipinski definition) is 3. The number of aliphatic carboxylic acids is 1. The van der Waals surface area contributed by atoms with Crippen LogP contribution in [0.3, 0.4) is 0 Å². The number of carboxylic acid groups (broad SMARTS) is 1. The highest BCUT2D eigenvalue weighted by Gasteiger charge is 2.33. The zero-order valence-electron chi connectivity index (χ0n) is 12.1. The van der Waals surface area contributed by atoms with Crippen LogP contribution in [0.1, 0.15) is 32.1 Å². The van der Waals surface area contributed by atoms with E-state index in [9.17, 15) is 9.59 Å². The molecule has 1 heterocycles. The molecule has 114 valence electrons. The summed E-state index contributed by atoms with van der Waals surface area (Å²) in [6, 6.07) is -0.438. The minimum absolute atomic E-state index is 0.218. The summed E-state index contributed by atoms with van der Waals surface area (Å²) < 4.78 is 0. The van der Waals surface area contributed by atoms with Crippen LogP contribution >= 0.6 is 0 Å². The molecule has 3 N–H and O–H groups in total. The molecule has 0 bridgehead atoms. The summed E-state index contributed by atoms with van der Waals surface area (Å²) in [5, 5.41) is 14.8. The Morgan fingerprint density at radius 2 is 1.90 bits per heavy atom. The van der Waals surface area contributed by atoms with Crippen molar-refractivity contribution in [2.45, 2.75) is 38.1 Å². The van der Waals surface area contributed by atoms with Gasteiger partial charge in [0.25, 0.3) is 0 Å². The first-order chi connectivity index (χ1) is 9.56. The molecule has 2 amide bonds. The van der Waals surface area contributed by atoms with E-state index in [2.05, 4.69) is 22.6 Å². The molecule has 0 aromatic rings. The van der Waals surface area contributed by atoms with E-state index >= 15 is 0 Å². The highest BCUT2D eigenvalue weighted by atomic mass is 16.4. The van der Waals surface area contributed by atoms with Crippen molar-refractivity contribution in [1.82, 2.24) is 15.5 Å². The number of rotatable bonds is 4. The topological polar surface area (TPSA) is 81.7 Å². The second-order valence-corrected chi connectivity index (χ2v) is 6.08. The number of carbonyl (C=O) groups excluding carboxylic acids is 1. The lowest BCUT2D eigenvalue weighted by atomic mass is 9.97. The predicted octanol–water partition coefficient (Wildman–Crippen LogP) is 0.881. The Bertz CT molecular complexity index is 354. The van der Waals surface area contributed by atoms with Crippen LogP contribution in [0.15, 0.2) is 0 Å². The number of carboxylic acids is 1. The van der Waals surface area contributed by atoms with Gasteiger partial charge in [-0.15, -0.1) is 0 Å². The smallest absolute Gasteiger partial charge is 0.315 e. The van der Waals surface area contributed by atoms with Crippen LogP contribution in [0.5, 0.6) is 0 Å². The molecule has 2 aliphatic rings. The van der Waals surface area contributed by atoms with E-state index in [1.165, 1.54) is 0 Å². The Labute approximate surface area is 119 Å². The molecular weight excluding hydrogens is 258 g/mol. The lowest BCUT2D eigenvalue weighted by Gasteiger charge is -2.29. The van der Waals surface area contributed by atoms with Crippen molar-refractivity contribution in [2.75, 3.05) is 26.7 Å². The van der Waals surface area contributed by atoms with E-state index in [1.54, 1.807) is 0 Å². The van der Waals surface area contributed by atoms with E-state index in [0.717, 1.165) is 38.8 Å². The van der Waals surface area contributed by atoms with E-state index in [0.29, 0.717) is 18.9 Å². The van der Waals surface area contributed by atoms with Gasteiger partial charge in [0.2, 0.25) is 0 Å². The third kappa shape index (κ3) is 4.10. The van der Waals surface area contributed by atoms with Crippen LogP contribution in [0.4, 0.5) is 4.79 Å². The molecule has 6 nitrogen and oxygen atoms in total. The van der Waals surface area contributed by atoms with Gasteiger partial charge in [0.15, 0.2) is 0 Å². The van der Waals surface area contributed by atoms with Gasteiger partial charge in [-0.3, -0.25) is 4.79 Å². The van der Waals surface area contributed by atoms with Crippen molar-refractivity contribution < 1.29 is 14.7 Å². The van der Waals surface area contributed by atoms with Crippen molar-refractivity contribution in [3.63, 3.8) is 0 Å². The number of hydrogen-bond donors (Lipinski definition) is 3. The zero-order valence-corrected chi connectivity index (χ0v) is 12.1. The van der Waals surface area contributed by atoms with Crippen molar-refractivity contribution >= 4 is 12.0 Å². The van der Waals surface area contributed by atoms with Crippen molar-refractivity contribution in [3.05, 3.63) is 0 Å². The third-order valence-corrected chi connectivity index (χ3v) is 4.54. The summed E-state index contributed by atoms with van der Waals surface area (Å²) >= 11 is 0. The molecule has 2 rings (SSSR count). The van der Waals surface area contributed by atoms with E-state index in [4.69, 9.17) is 5.11 Å². The number of urea groups is 1. The minimum Gasteiger partial charge on any atom is -0.481 e. The maximum Gasteiger partial charge on any atom is 0.315 e. The summed E-state index contributed by atoms with van der Waals surface area (Å²) in [4.78, 5) is 25.2. The maximum absolute atomic E-state index is 11.8. The highest BCUT2D eigenvalue weighted by molar-refractivity contribution is 5.77. The number of nitrogens with one attached hydrogen (secondary N) is 2. The van der Waals surface area contributed by atoms with Crippen LogP contribution in [-0.2, 0) is 4.79 Å². The van der Waals surface area contributed by atoms with Gasteiger partial charge >= 0.3 is 12.0 Å². The second-order valence-electron chi connectivity index (χ2n) is 6.08. The lowest BCUT2D eigenvalue weighted by molar-refractivity contribution is -0.142. The standard InChI is InChI=1S/C14H25N3O3/c1-17-7-5-10(6-8-17)9-15-14(20)16-12-4-2-3-11(12)13(18)19/h10-12H,2-9H2,1H3,(H,18,19)(H2,15,16,20). The quantitative estimate of drug-likeness (QED) is 0.715. The third-order valence-electron chi connectivity index (χ3n) is 4.54. The Kier molecular flexibility index (Phi) is 5.23. The fourth-order valence-corrected chi connectivity index (χ4v) is 3.15. The number of carbonyl (C=O) groups is 2. The Morgan fingerprint density at radius 3 is 2.55 bits per heavy atom. The van der Waals surface area contributed by atoms with Gasteiger partial charge in [-0.1, -0.05) is 6.42 Å². The van der Waals surface area contributed by atoms with Gasteiger partial charge in [0.1, 0.15) is 0 Å². The highest BCUT2D eigenvalue weighted by Crippen LogP contribution is 2.25. The fraction of sp³-hybridized carbons (Fsp3) is 0.857. The van der Waals surface area contributed by atoms with Crippen LogP contribution in [0, 0.1) is 11.8 Å². The van der Waals surface area contributed by atoms with E-state index < -0.39 is 11.9 Å². The summed E-state index contributed by atoms with van der Waals surface area (Å²) in [5.74, 6) is -0.692. The lowest BCUT2D eigenvalue weighted by Crippen LogP contribution is -2.47. The second kappa shape index (κ2) is 6.92. The average molecular weight is 283 g/mol. The number of nitrogens with zero attached hydrogens (tertiary/aromatic N) is 1. The minimum atomic E-state index is -0.803. The Balaban J connectivity index is 1.69. The summed E-state index contributed by atoms with van der Waals surface area (Å²) in [6.45, 7) is 2.85. The molecule has 20 heavy (non-hydrogen) atoms. The molecule has 6 heteroatoms. The SMILES string of the molecule is CN1CCC(CNC(=O)NC2CCCC2C(=O)O)CC1. The zero-order chi connectivity index (χ0) is 14.5. The molecule has 0 aromatic carbocycles. The summed E-state index contributed by atoms with van der Waals surface area (Å²) in [6.07, 6.45) is 4.51. The van der Waals surface area contributed by atoms with Crippen LogP contribution in [0.25, 0.3) is 0 Å². The largest absolute Gasteiger partial charge is 0.481 e. The number of amides is 2. The van der Waals surface area contributed by atoms with E-state index in [1.807, 2.05) is 0 Å². The van der Waals surface area contributed by atoms with Gasteiger partial charge in [-0.05, 0) is 51.7 Å². The molecule has 1 saturated heterocycles. The molecule has 0 spiro atoms. The van der Waals surface area contributed by atoms with Crippen molar-refractivity contribution in [1.29, 1.82) is 0 Å². The first-order valence-corrected chi connectivity index (χ1v) is 7.52. The van der Waals surface area contributed by atoms with Crippen LogP contribution in [0.2, 0.25) is 0 Å². The van der Waals surface area contributed by atoms with Gasteiger partial charge in [0, 0.05) is 12.6 Å². The molecule has 0 aromatic heterocycles. The predicted molar refractivity (Wildman–Crippen MR) is 75.5 cm³/mol. The van der Waals surface area contributed by atoms with Gasteiger partial charge in [0.05, 0.1) is 5.92 Å². The first-order valence-electron chi connectivity index (χ1n) is 7.52. The Hall–Kier alpha value is -1.30. The summed E-state index contributed by atoms with van der Waals surface area (Å²) in [7, 11) is 2.11. The van der Waals surface area contributed by atoms with Crippen molar-refractivity contribution in [2.24, 2.45) is 11.8 Å². The molecule has 1 aliphatic heterocycles. The average Bonchev–Trinajstić information content (AvgIpc) is 2.86. The fourth-order valence-electron chi connectivity index (χ4n) is 3.15. The number of piperidine rings is 1. The molecular formula is C14H25N3O3. The van der Waals surface area contributed by atoms with Crippen molar-refractivity contribution in [3.8, 4) is 0 Å². The molecule has 0 radical (unpaired) electrons. The van der Waals surface area contributed by atoms with Gasteiger partial charge < -0.3 is 20.6 Å². The van der Waals surface area contributed by atoms with E-state index in [-0.39, 0.29) is 12.1 Å². The number of likely N-dealkylation sites (tertiary alicyclic amines) is 1. The first kappa shape index (κ1) is 15.1. The molecule has 2 atom stereocenters. The maximum atomic E-state index is 11.8. The monoisotopic (exact) mass is 283 g/mol. The molecule has 1 saturated carbocycles. The van der Waals surface area contributed by atoms with Gasteiger partial charge in [-0.25, -0.2) is 4.79 Å². The van der Waals surface area contributed by atoms with Crippen LogP contribution < -0.4 is 10.6 Å². The molecule has 1 aliphatic carbocycles. The summed E-state index contributed by atoms with van der Waals surface area (Å²) in [5.41, 5.74) is 0. The normalized spacial score (nSPS) is 28.2. The van der Waals surface area contributed by atoms with Crippen LogP contribution in [-0.4, -0.2) is 54.7 Å². The van der Waals surface area contributed by atoms with Gasteiger partial charge in [-0.2, -0.15) is 0 Å². The molecule has 2 fully saturated rings.